The van der Waals surface area contributed by atoms with Crippen molar-refractivity contribution in [2.75, 3.05) is 0 Å². The van der Waals surface area contributed by atoms with Crippen LogP contribution in [0.15, 0.2) is 16.8 Å². The Hall–Kier alpha value is -0.590. The molecule has 1 aliphatic rings. The average Bonchev–Trinajstić information content (AvgIpc) is 2.30. The average molecular weight is 165 g/mol. The minimum absolute atomic E-state index is 0.602. The first-order chi connectivity index (χ1) is 5.54. The van der Waals surface area contributed by atoms with Crippen molar-refractivity contribution in [1.29, 1.82) is 0 Å². The lowest BCUT2D eigenvalue weighted by Gasteiger charge is -2.21. The normalized spacial score (nSPS) is 23.4. The van der Waals surface area contributed by atoms with Gasteiger partial charge in [-0.15, -0.1) is 0 Å². The topological polar surface area (TPSA) is 12.4 Å². The lowest BCUT2D eigenvalue weighted by atomic mass is 9.82. The first kappa shape index (κ1) is 9.50. The number of nitrogens with zero attached hydrogens (tertiary/aromatic N) is 1. The van der Waals surface area contributed by atoms with Crippen molar-refractivity contribution in [3.8, 4) is 0 Å². The van der Waals surface area contributed by atoms with Gasteiger partial charge < -0.3 is 0 Å². The van der Waals surface area contributed by atoms with Crippen LogP contribution in [-0.2, 0) is 0 Å². The molecule has 1 rings (SSSR count). The van der Waals surface area contributed by atoms with Gasteiger partial charge in [0.15, 0.2) is 0 Å². The highest BCUT2D eigenvalue weighted by atomic mass is 14.8. The van der Waals surface area contributed by atoms with E-state index >= 15 is 0 Å². The monoisotopic (exact) mass is 165 g/mol. The molecule has 0 saturated carbocycles. The van der Waals surface area contributed by atoms with Gasteiger partial charge in [0, 0.05) is 17.8 Å². The minimum Gasteiger partial charge on any atom is -0.265 e. The number of hydrogen-bond acceptors (Lipinski definition) is 1. The SMILES string of the molecule is CC1=NC=C(C(C)C)C1C(C)C. The van der Waals surface area contributed by atoms with Crippen molar-refractivity contribution in [2.24, 2.45) is 22.7 Å². The number of rotatable bonds is 2. The fourth-order valence-corrected chi connectivity index (χ4v) is 1.95. The van der Waals surface area contributed by atoms with Crippen molar-refractivity contribution < 1.29 is 0 Å². The van der Waals surface area contributed by atoms with Gasteiger partial charge in [-0.1, -0.05) is 27.7 Å². The quantitative estimate of drug-likeness (QED) is 0.595. The van der Waals surface area contributed by atoms with E-state index in [1.54, 1.807) is 0 Å². The molecule has 0 radical (unpaired) electrons. The third-order valence-electron chi connectivity index (χ3n) is 2.56. The van der Waals surface area contributed by atoms with E-state index in [0.717, 1.165) is 0 Å². The van der Waals surface area contributed by atoms with Crippen molar-refractivity contribution >= 4 is 5.71 Å². The summed E-state index contributed by atoms with van der Waals surface area (Å²) in [6, 6.07) is 0. The first-order valence-corrected chi connectivity index (χ1v) is 4.78. The maximum Gasteiger partial charge on any atom is 0.0268 e. The number of aliphatic imine (C=N–C) groups is 1. The third-order valence-corrected chi connectivity index (χ3v) is 2.56. The van der Waals surface area contributed by atoms with Gasteiger partial charge in [-0.3, -0.25) is 4.99 Å². The van der Waals surface area contributed by atoms with E-state index in [4.69, 9.17) is 0 Å². The van der Waals surface area contributed by atoms with Crippen LogP contribution in [0.1, 0.15) is 34.6 Å². The van der Waals surface area contributed by atoms with Gasteiger partial charge in [0.1, 0.15) is 0 Å². The smallest absolute Gasteiger partial charge is 0.0268 e. The highest BCUT2D eigenvalue weighted by molar-refractivity contribution is 5.89. The molecule has 0 amide bonds. The van der Waals surface area contributed by atoms with Crippen LogP contribution >= 0.6 is 0 Å². The van der Waals surface area contributed by atoms with E-state index in [9.17, 15) is 0 Å². The molecule has 0 N–H and O–H groups in total. The molecule has 0 spiro atoms. The van der Waals surface area contributed by atoms with Crippen LogP contribution in [0.2, 0.25) is 0 Å². The lowest BCUT2D eigenvalue weighted by Crippen LogP contribution is -2.19. The molecule has 1 nitrogen and oxygen atoms in total. The van der Waals surface area contributed by atoms with Crippen LogP contribution in [0, 0.1) is 17.8 Å². The Morgan fingerprint density at radius 2 is 1.83 bits per heavy atom. The van der Waals surface area contributed by atoms with Crippen LogP contribution in [0.4, 0.5) is 0 Å². The van der Waals surface area contributed by atoms with Crippen LogP contribution in [0.5, 0.6) is 0 Å². The van der Waals surface area contributed by atoms with E-state index in [0.29, 0.717) is 17.8 Å². The third kappa shape index (κ3) is 1.60. The van der Waals surface area contributed by atoms with Gasteiger partial charge in [-0.2, -0.15) is 0 Å². The van der Waals surface area contributed by atoms with Crippen LogP contribution in [0.3, 0.4) is 0 Å². The lowest BCUT2D eigenvalue weighted by molar-refractivity contribution is 0.514. The largest absolute Gasteiger partial charge is 0.265 e. The molecule has 12 heavy (non-hydrogen) atoms. The van der Waals surface area contributed by atoms with E-state index in [1.165, 1.54) is 11.3 Å². The molecule has 1 unspecified atom stereocenters. The number of hydrogen-bond donors (Lipinski definition) is 0. The second kappa shape index (κ2) is 3.42. The van der Waals surface area contributed by atoms with Crippen molar-refractivity contribution in [3.63, 3.8) is 0 Å². The highest BCUT2D eigenvalue weighted by Crippen LogP contribution is 2.31. The van der Waals surface area contributed by atoms with Gasteiger partial charge >= 0.3 is 0 Å². The Labute approximate surface area is 75.6 Å². The molecule has 1 atom stereocenters. The summed E-state index contributed by atoms with van der Waals surface area (Å²) in [7, 11) is 0. The zero-order valence-corrected chi connectivity index (χ0v) is 8.76. The molecule has 0 bridgehead atoms. The van der Waals surface area contributed by atoms with Crippen LogP contribution in [0.25, 0.3) is 0 Å². The summed E-state index contributed by atoms with van der Waals surface area (Å²) in [4.78, 5) is 4.40. The molecule has 1 heterocycles. The predicted molar refractivity (Wildman–Crippen MR) is 54.4 cm³/mol. The molecular formula is C11H19N. The standard InChI is InChI=1S/C11H19N/c1-7(2)10-6-12-9(5)11(10)8(3)4/h6-8,11H,1-5H3. The van der Waals surface area contributed by atoms with Crippen LogP contribution < -0.4 is 0 Å². The molecule has 0 saturated heterocycles. The fraction of sp³-hybridized carbons (Fsp3) is 0.727. The molecular weight excluding hydrogens is 146 g/mol. The summed E-state index contributed by atoms with van der Waals surface area (Å²) >= 11 is 0. The second-order valence-corrected chi connectivity index (χ2v) is 4.28. The Morgan fingerprint density at radius 1 is 1.25 bits per heavy atom. The molecule has 0 aromatic heterocycles. The van der Waals surface area contributed by atoms with Gasteiger partial charge in [0.2, 0.25) is 0 Å². The van der Waals surface area contributed by atoms with Crippen molar-refractivity contribution in [1.82, 2.24) is 0 Å². The van der Waals surface area contributed by atoms with Gasteiger partial charge in [0.05, 0.1) is 0 Å². The Bertz CT molecular complexity index is 221. The zero-order chi connectivity index (χ0) is 9.30. The summed E-state index contributed by atoms with van der Waals surface area (Å²) in [5.41, 5.74) is 2.79. The Kier molecular flexibility index (Phi) is 2.71. The maximum absolute atomic E-state index is 4.40. The highest BCUT2D eigenvalue weighted by Gasteiger charge is 2.26. The van der Waals surface area contributed by atoms with E-state index in [2.05, 4.69) is 45.8 Å². The summed E-state index contributed by atoms with van der Waals surface area (Å²) in [5.74, 6) is 1.92. The summed E-state index contributed by atoms with van der Waals surface area (Å²) in [6.45, 7) is 11.2. The van der Waals surface area contributed by atoms with Crippen LogP contribution in [-0.4, -0.2) is 5.71 Å². The van der Waals surface area contributed by atoms with Crippen molar-refractivity contribution in [2.45, 2.75) is 34.6 Å². The predicted octanol–water partition coefficient (Wildman–Crippen LogP) is 3.27. The van der Waals surface area contributed by atoms with E-state index in [1.807, 2.05) is 0 Å². The maximum atomic E-state index is 4.40. The molecule has 68 valence electrons. The molecule has 1 aliphatic heterocycles. The molecule has 0 aliphatic carbocycles. The molecule has 1 heteroatoms. The molecule has 0 aromatic rings. The molecule has 0 fully saturated rings. The van der Waals surface area contributed by atoms with Gasteiger partial charge in [-0.05, 0) is 24.3 Å². The van der Waals surface area contributed by atoms with E-state index in [-0.39, 0.29) is 0 Å². The summed E-state index contributed by atoms with van der Waals surface area (Å²) < 4.78 is 0. The van der Waals surface area contributed by atoms with E-state index < -0.39 is 0 Å². The zero-order valence-electron chi connectivity index (χ0n) is 8.76. The Morgan fingerprint density at radius 3 is 2.17 bits per heavy atom. The van der Waals surface area contributed by atoms with Gasteiger partial charge in [0.25, 0.3) is 0 Å². The summed E-state index contributed by atoms with van der Waals surface area (Å²) in [5, 5.41) is 0. The van der Waals surface area contributed by atoms with Crippen molar-refractivity contribution in [3.05, 3.63) is 11.8 Å². The first-order valence-electron chi connectivity index (χ1n) is 4.78. The Balaban J connectivity index is 2.81. The second-order valence-electron chi connectivity index (χ2n) is 4.28. The van der Waals surface area contributed by atoms with Gasteiger partial charge in [-0.25, -0.2) is 0 Å². The number of allylic oxidation sites excluding steroid dienone is 1. The minimum atomic E-state index is 0.602. The fourth-order valence-electron chi connectivity index (χ4n) is 1.95. The molecule has 0 aromatic carbocycles. The summed E-state index contributed by atoms with van der Waals surface area (Å²) in [6.07, 6.45) is 2.06.